The number of nitrogens with one attached hydrogen (secondary N) is 1. The summed E-state index contributed by atoms with van der Waals surface area (Å²) in [5.74, 6) is 2.95. The summed E-state index contributed by atoms with van der Waals surface area (Å²) >= 11 is 1.98. The molecule has 0 unspecified atom stereocenters. The SMILES string of the molecule is C[C@H](SC12CC3CC(CC(C3)C1)C2)C(=O)Nc1ccc(N2CCOCC2)cc1. The van der Waals surface area contributed by atoms with Crippen molar-refractivity contribution in [3.05, 3.63) is 24.3 Å². The lowest BCUT2D eigenvalue weighted by atomic mass is 9.56. The molecule has 1 saturated heterocycles. The van der Waals surface area contributed by atoms with Crippen molar-refractivity contribution in [1.29, 1.82) is 0 Å². The van der Waals surface area contributed by atoms with E-state index in [4.69, 9.17) is 4.74 Å². The summed E-state index contributed by atoms with van der Waals surface area (Å²) in [7, 11) is 0. The molecule has 152 valence electrons. The van der Waals surface area contributed by atoms with E-state index in [-0.39, 0.29) is 11.2 Å². The van der Waals surface area contributed by atoms with Crippen LogP contribution in [0.15, 0.2) is 24.3 Å². The molecule has 1 amide bonds. The Kier molecular flexibility index (Phi) is 5.08. The van der Waals surface area contributed by atoms with Crippen LogP contribution in [-0.4, -0.2) is 42.2 Å². The molecule has 0 radical (unpaired) electrons. The Morgan fingerprint density at radius 1 is 1.07 bits per heavy atom. The van der Waals surface area contributed by atoms with Crippen molar-refractivity contribution in [2.24, 2.45) is 17.8 Å². The first-order valence-electron chi connectivity index (χ1n) is 11.0. The Morgan fingerprint density at radius 3 is 2.21 bits per heavy atom. The van der Waals surface area contributed by atoms with Crippen molar-refractivity contribution in [2.45, 2.75) is 55.4 Å². The van der Waals surface area contributed by atoms with Crippen molar-refractivity contribution >= 4 is 29.0 Å². The predicted octanol–water partition coefficient (Wildman–Crippen LogP) is 4.55. The number of benzene rings is 1. The van der Waals surface area contributed by atoms with Gasteiger partial charge in [-0.2, -0.15) is 0 Å². The Bertz CT molecular complexity index is 679. The van der Waals surface area contributed by atoms with Gasteiger partial charge >= 0.3 is 0 Å². The summed E-state index contributed by atoms with van der Waals surface area (Å²) < 4.78 is 5.80. The third kappa shape index (κ3) is 3.80. The molecule has 0 spiro atoms. The van der Waals surface area contributed by atoms with Gasteiger partial charge in [-0.25, -0.2) is 0 Å². The van der Waals surface area contributed by atoms with E-state index in [1.807, 2.05) is 23.9 Å². The van der Waals surface area contributed by atoms with Crippen LogP contribution in [0.3, 0.4) is 0 Å². The number of anilines is 2. The molecular formula is C23H32N2O2S. The van der Waals surface area contributed by atoms with Crippen LogP contribution >= 0.6 is 11.8 Å². The van der Waals surface area contributed by atoms with E-state index in [1.54, 1.807) is 0 Å². The minimum atomic E-state index is 0.00942. The Morgan fingerprint density at radius 2 is 1.64 bits per heavy atom. The second-order valence-corrected chi connectivity index (χ2v) is 11.3. The van der Waals surface area contributed by atoms with E-state index in [0.29, 0.717) is 4.75 Å². The number of morpholine rings is 1. The van der Waals surface area contributed by atoms with E-state index in [1.165, 1.54) is 44.2 Å². The lowest BCUT2D eigenvalue weighted by molar-refractivity contribution is -0.115. The van der Waals surface area contributed by atoms with Crippen molar-refractivity contribution in [2.75, 3.05) is 36.5 Å². The average Bonchev–Trinajstić information content (AvgIpc) is 2.68. The zero-order valence-corrected chi connectivity index (χ0v) is 17.7. The van der Waals surface area contributed by atoms with E-state index in [0.717, 1.165) is 49.7 Å². The molecule has 1 atom stereocenters. The molecule has 1 aliphatic heterocycles. The maximum absolute atomic E-state index is 12.9. The molecule has 6 rings (SSSR count). The van der Waals surface area contributed by atoms with Crippen molar-refractivity contribution in [3.8, 4) is 0 Å². The van der Waals surface area contributed by atoms with Crippen LogP contribution < -0.4 is 10.2 Å². The minimum absolute atomic E-state index is 0.00942. The van der Waals surface area contributed by atoms with Crippen molar-refractivity contribution in [3.63, 3.8) is 0 Å². The zero-order chi connectivity index (χ0) is 19.1. The standard InChI is InChI=1S/C23H32N2O2S/c1-16(28-23-13-17-10-18(14-23)12-19(11-17)15-23)22(26)24-20-2-4-21(5-3-20)25-6-8-27-9-7-25/h2-5,16-19H,6-15H2,1H3,(H,24,26)/t16-,17?,18?,19?,23?/m0/s1. The largest absolute Gasteiger partial charge is 0.378 e. The number of hydrogen-bond acceptors (Lipinski definition) is 4. The van der Waals surface area contributed by atoms with Gasteiger partial charge in [0.25, 0.3) is 0 Å². The van der Waals surface area contributed by atoms with Gasteiger partial charge in [-0.3, -0.25) is 4.79 Å². The van der Waals surface area contributed by atoms with Crippen LogP contribution in [0.1, 0.15) is 45.4 Å². The number of hydrogen-bond donors (Lipinski definition) is 1. The lowest BCUT2D eigenvalue weighted by Gasteiger charge is -2.57. The number of ether oxygens (including phenoxy) is 1. The molecule has 4 nitrogen and oxygen atoms in total. The van der Waals surface area contributed by atoms with Gasteiger partial charge in [-0.05, 0) is 87.5 Å². The van der Waals surface area contributed by atoms with Gasteiger partial charge in [-0.15, -0.1) is 11.8 Å². The van der Waals surface area contributed by atoms with Crippen LogP contribution in [0.25, 0.3) is 0 Å². The number of thioether (sulfide) groups is 1. The number of nitrogens with zero attached hydrogens (tertiary/aromatic N) is 1. The fourth-order valence-electron chi connectivity index (χ4n) is 6.43. The number of carbonyl (C=O) groups is 1. The van der Waals surface area contributed by atoms with Gasteiger partial charge in [0.05, 0.1) is 18.5 Å². The molecule has 0 aromatic heterocycles. The molecule has 4 aliphatic carbocycles. The monoisotopic (exact) mass is 400 g/mol. The Hall–Kier alpha value is -1.20. The van der Waals surface area contributed by atoms with Crippen LogP contribution in [0.2, 0.25) is 0 Å². The van der Waals surface area contributed by atoms with Gasteiger partial charge in [0.1, 0.15) is 0 Å². The molecule has 4 saturated carbocycles. The normalized spacial score (nSPS) is 35.0. The number of rotatable bonds is 5. The van der Waals surface area contributed by atoms with E-state index < -0.39 is 0 Å². The van der Waals surface area contributed by atoms with Crippen molar-refractivity contribution < 1.29 is 9.53 Å². The third-order valence-electron chi connectivity index (χ3n) is 7.29. The third-order valence-corrected chi connectivity index (χ3v) is 8.86. The zero-order valence-electron chi connectivity index (χ0n) is 16.9. The van der Waals surface area contributed by atoms with Crippen LogP contribution in [0, 0.1) is 17.8 Å². The van der Waals surface area contributed by atoms with Gasteiger partial charge in [0.2, 0.25) is 5.91 Å². The predicted molar refractivity (Wildman–Crippen MR) is 116 cm³/mol. The Balaban J connectivity index is 1.18. The smallest absolute Gasteiger partial charge is 0.237 e. The molecule has 4 bridgehead atoms. The fourth-order valence-corrected chi connectivity index (χ4v) is 8.34. The molecule has 1 N–H and O–H groups in total. The number of amides is 1. The minimum Gasteiger partial charge on any atom is -0.378 e. The first-order chi connectivity index (χ1) is 13.6. The summed E-state index contributed by atoms with van der Waals surface area (Å²) in [4.78, 5) is 15.2. The summed E-state index contributed by atoms with van der Waals surface area (Å²) in [6, 6.07) is 8.28. The van der Waals surface area contributed by atoms with Gasteiger partial charge in [-0.1, -0.05) is 0 Å². The van der Waals surface area contributed by atoms with Crippen LogP contribution in [0.4, 0.5) is 11.4 Å². The molecule has 1 heterocycles. The second kappa shape index (κ2) is 7.56. The van der Waals surface area contributed by atoms with Crippen molar-refractivity contribution in [1.82, 2.24) is 0 Å². The van der Waals surface area contributed by atoms with Crippen LogP contribution in [0.5, 0.6) is 0 Å². The molecule has 5 heteroatoms. The van der Waals surface area contributed by atoms with E-state index in [9.17, 15) is 4.79 Å². The quantitative estimate of drug-likeness (QED) is 0.787. The first kappa shape index (κ1) is 18.8. The summed E-state index contributed by atoms with van der Waals surface area (Å²) in [6.07, 6.45) is 8.39. The Labute approximate surface area is 172 Å². The van der Waals surface area contributed by atoms with Crippen LogP contribution in [-0.2, 0) is 9.53 Å². The maximum Gasteiger partial charge on any atom is 0.237 e. The molecule has 1 aromatic rings. The van der Waals surface area contributed by atoms with E-state index >= 15 is 0 Å². The fraction of sp³-hybridized carbons (Fsp3) is 0.696. The highest BCUT2D eigenvalue weighted by molar-refractivity contribution is 8.01. The summed E-state index contributed by atoms with van der Waals surface area (Å²) in [5.41, 5.74) is 2.11. The highest BCUT2D eigenvalue weighted by Crippen LogP contribution is 2.61. The lowest BCUT2D eigenvalue weighted by Crippen LogP contribution is -2.49. The molecular weight excluding hydrogens is 368 g/mol. The van der Waals surface area contributed by atoms with Gasteiger partial charge < -0.3 is 15.0 Å². The topological polar surface area (TPSA) is 41.6 Å². The second-order valence-electron chi connectivity index (χ2n) is 9.50. The molecule has 5 aliphatic rings. The first-order valence-corrected chi connectivity index (χ1v) is 11.9. The molecule has 1 aromatic carbocycles. The van der Waals surface area contributed by atoms with Gasteiger partial charge in [0.15, 0.2) is 0 Å². The highest BCUT2D eigenvalue weighted by Gasteiger charge is 2.52. The summed E-state index contributed by atoms with van der Waals surface area (Å²) in [5, 5.41) is 3.16. The number of carbonyl (C=O) groups excluding carboxylic acids is 1. The average molecular weight is 401 g/mol. The molecule has 28 heavy (non-hydrogen) atoms. The van der Waals surface area contributed by atoms with Gasteiger partial charge in [0, 0.05) is 29.2 Å². The van der Waals surface area contributed by atoms with E-state index in [2.05, 4.69) is 29.3 Å². The maximum atomic E-state index is 12.9. The highest BCUT2D eigenvalue weighted by atomic mass is 32.2. The molecule has 5 fully saturated rings. The summed E-state index contributed by atoms with van der Waals surface area (Å²) in [6.45, 7) is 5.55.